The zero-order chi connectivity index (χ0) is 22.0. The first-order valence-corrected chi connectivity index (χ1v) is 11.1. The van der Waals surface area contributed by atoms with Gasteiger partial charge in [-0.15, -0.1) is 0 Å². The summed E-state index contributed by atoms with van der Waals surface area (Å²) in [7, 11) is 0. The third kappa shape index (κ3) is 5.00. The number of anilines is 1. The number of nitrogens with zero attached hydrogens (tertiary/aromatic N) is 5. The van der Waals surface area contributed by atoms with Gasteiger partial charge in [0.05, 0.1) is 12.1 Å². The van der Waals surface area contributed by atoms with Gasteiger partial charge in [0.1, 0.15) is 0 Å². The van der Waals surface area contributed by atoms with Crippen molar-refractivity contribution in [3.8, 4) is 5.95 Å². The van der Waals surface area contributed by atoms with Gasteiger partial charge in [-0.2, -0.15) is 10.2 Å². The van der Waals surface area contributed by atoms with Crippen molar-refractivity contribution in [3.63, 3.8) is 0 Å². The van der Waals surface area contributed by atoms with Gasteiger partial charge in [-0.05, 0) is 46.1 Å². The normalized spacial score (nSPS) is 14.7. The monoisotopic (exact) mass is 421 g/mol. The van der Waals surface area contributed by atoms with E-state index in [2.05, 4.69) is 30.6 Å². The van der Waals surface area contributed by atoms with Crippen LogP contribution in [0.1, 0.15) is 66.1 Å². The Labute approximate surface area is 182 Å². The van der Waals surface area contributed by atoms with Crippen LogP contribution in [0.5, 0.6) is 0 Å². The van der Waals surface area contributed by atoms with Crippen molar-refractivity contribution in [3.05, 3.63) is 46.2 Å². The molecule has 8 heteroatoms. The Balaban J connectivity index is 1.42. The molecule has 164 valence electrons. The van der Waals surface area contributed by atoms with Gasteiger partial charge < -0.3 is 5.32 Å². The van der Waals surface area contributed by atoms with Crippen LogP contribution in [-0.4, -0.2) is 35.9 Å². The van der Waals surface area contributed by atoms with E-state index in [0.717, 1.165) is 46.4 Å². The van der Waals surface area contributed by atoms with E-state index in [4.69, 9.17) is 0 Å². The van der Waals surface area contributed by atoms with Gasteiger partial charge >= 0.3 is 0 Å². The number of aromatic nitrogens is 6. The van der Waals surface area contributed by atoms with Crippen LogP contribution in [0.2, 0.25) is 0 Å². The first kappa shape index (κ1) is 21.2. The van der Waals surface area contributed by atoms with Gasteiger partial charge in [-0.3, -0.25) is 9.89 Å². The van der Waals surface area contributed by atoms with Crippen molar-refractivity contribution in [2.24, 2.45) is 5.92 Å². The first-order valence-electron chi connectivity index (χ1n) is 11.1. The molecule has 1 amide bonds. The molecule has 0 aromatic carbocycles. The molecule has 3 aromatic heterocycles. The number of aromatic amines is 1. The fourth-order valence-electron chi connectivity index (χ4n) is 4.51. The van der Waals surface area contributed by atoms with Crippen molar-refractivity contribution in [2.75, 3.05) is 5.32 Å². The van der Waals surface area contributed by atoms with Crippen molar-refractivity contribution in [2.45, 2.75) is 72.6 Å². The van der Waals surface area contributed by atoms with Crippen LogP contribution in [0, 0.1) is 33.6 Å². The predicted octanol–water partition coefficient (Wildman–Crippen LogP) is 3.92. The van der Waals surface area contributed by atoms with Crippen LogP contribution in [0.4, 0.5) is 5.82 Å². The van der Waals surface area contributed by atoms with Crippen molar-refractivity contribution in [1.82, 2.24) is 29.9 Å². The minimum absolute atomic E-state index is 0.109. The summed E-state index contributed by atoms with van der Waals surface area (Å²) in [5.74, 6) is 1.73. The third-order valence-electron chi connectivity index (χ3n) is 6.07. The smallest absolute Gasteiger partial charge is 0.251 e. The minimum Gasteiger partial charge on any atom is -0.309 e. The molecular weight excluding hydrogens is 390 g/mol. The molecule has 31 heavy (non-hydrogen) atoms. The standard InChI is InChI=1S/C23H31N7O/c1-14-10-15(2)25-23(24-14)30-17(4)20(16(3)29-30)13-22(31)26-21-12-19(27-28-21)11-18-8-6-5-7-9-18/h10,12,18H,5-9,11,13H2,1-4H3,(H2,26,27,28,31). The van der Waals surface area contributed by atoms with Crippen molar-refractivity contribution in [1.29, 1.82) is 0 Å². The van der Waals surface area contributed by atoms with Crippen LogP contribution in [0.15, 0.2) is 12.1 Å². The van der Waals surface area contributed by atoms with E-state index >= 15 is 0 Å². The highest BCUT2D eigenvalue weighted by atomic mass is 16.1. The third-order valence-corrected chi connectivity index (χ3v) is 6.07. The van der Waals surface area contributed by atoms with E-state index in [1.807, 2.05) is 39.8 Å². The molecule has 8 nitrogen and oxygen atoms in total. The van der Waals surface area contributed by atoms with Gasteiger partial charge in [0, 0.05) is 34.4 Å². The number of hydrogen-bond acceptors (Lipinski definition) is 5. The summed E-state index contributed by atoms with van der Waals surface area (Å²) in [4.78, 5) is 21.7. The summed E-state index contributed by atoms with van der Waals surface area (Å²) in [5, 5.41) is 14.9. The number of hydrogen-bond donors (Lipinski definition) is 2. The van der Waals surface area contributed by atoms with E-state index in [1.165, 1.54) is 32.1 Å². The molecule has 4 rings (SSSR count). The molecule has 1 aliphatic rings. The Morgan fingerprint density at radius 2 is 1.81 bits per heavy atom. The Kier molecular flexibility index (Phi) is 6.15. The van der Waals surface area contributed by atoms with Crippen molar-refractivity contribution >= 4 is 11.7 Å². The molecule has 0 atom stereocenters. The molecule has 0 aliphatic heterocycles. The number of nitrogens with one attached hydrogen (secondary N) is 2. The fourth-order valence-corrected chi connectivity index (χ4v) is 4.51. The van der Waals surface area contributed by atoms with Crippen LogP contribution in [0.3, 0.4) is 0 Å². The highest BCUT2D eigenvalue weighted by Crippen LogP contribution is 2.27. The topological polar surface area (TPSA) is 101 Å². The van der Waals surface area contributed by atoms with E-state index in [9.17, 15) is 4.79 Å². The second-order valence-electron chi connectivity index (χ2n) is 8.72. The van der Waals surface area contributed by atoms with E-state index in [0.29, 0.717) is 11.8 Å². The second-order valence-corrected chi connectivity index (χ2v) is 8.72. The van der Waals surface area contributed by atoms with E-state index in [1.54, 1.807) is 4.68 Å². The van der Waals surface area contributed by atoms with E-state index in [-0.39, 0.29) is 12.3 Å². The maximum absolute atomic E-state index is 12.7. The molecular formula is C23H31N7O. The zero-order valence-corrected chi connectivity index (χ0v) is 18.8. The Bertz CT molecular complexity index is 1060. The van der Waals surface area contributed by atoms with Crippen LogP contribution >= 0.6 is 0 Å². The van der Waals surface area contributed by atoms with Gasteiger partial charge in [-0.1, -0.05) is 32.1 Å². The molecule has 2 N–H and O–H groups in total. The quantitative estimate of drug-likeness (QED) is 0.628. The highest BCUT2D eigenvalue weighted by Gasteiger charge is 2.19. The summed E-state index contributed by atoms with van der Waals surface area (Å²) >= 11 is 0. The molecule has 0 radical (unpaired) electrons. The Morgan fingerprint density at radius 3 is 2.52 bits per heavy atom. The minimum atomic E-state index is -0.109. The highest BCUT2D eigenvalue weighted by molar-refractivity contribution is 5.91. The lowest BCUT2D eigenvalue weighted by molar-refractivity contribution is -0.115. The number of carbonyl (C=O) groups excluding carboxylic acids is 1. The number of H-pyrrole nitrogens is 1. The van der Waals surface area contributed by atoms with Crippen LogP contribution in [-0.2, 0) is 17.6 Å². The maximum Gasteiger partial charge on any atom is 0.251 e. The molecule has 0 unspecified atom stereocenters. The summed E-state index contributed by atoms with van der Waals surface area (Å²) in [6.45, 7) is 7.72. The van der Waals surface area contributed by atoms with Crippen molar-refractivity contribution < 1.29 is 4.79 Å². The predicted molar refractivity (Wildman–Crippen MR) is 119 cm³/mol. The molecule has 1 aliphatic carbocycles. The van der Waals surface area contributed by atoms with Gasteiger partial charge in [0.25, 0.3) is 5.95 Å². The maximum atomic E-state index is 12.7. The van der Waals surface area contributed by atoms with Gasteiger partial charge in [0.2, 0.25) is 5.91 Å². The summed E-state index contributed by atoms with van der Waals surface area (Å²) in [5.41, 5.74) is 5.43. The molecule has 3 heterocycles. The Hall–Kier alpha value is -3.03. The molecule has 0 bridgehead atoms. The summed E-state index contributed by atoms with van der Waals surface area (Å²) < 4.78 is 1.72. The molecule has 0 spiro atoms. The zero-order valence-electron chi connectivity index (χ0n) is 18.8. The SMILES string of the molecule is Cc1cc(C)nc(-n2nc(C)c(CC(=O)Nc3cc(CC4CCCCC4)[nH]n3)c2C)n1. The van der Waals surface area contributed by atoms with Gasteiger partial charge in [0.15, 0.2) is 5.82 Å². The van der Waals surface area contributed by atoms with E-state index < -0.39 is 0 Å². The van der Waals surface area contributed by atoms with Crippen LogP contribution in [0.25, 0.3) is 5.95 Å². The number of amides is 1. The second kappa shape index (κ2) is 8.99. The average Bonchev–Trinajstić information content (AvgIpc) is 3.27. The van der Waals surface area contributed by atoms with Crippen LogP contribution < -0.4 is 5.32 Å². The number of rotatable bonds is 6. The molecule has 3 aromatic rings. The molecule has 0 saturated heterocycles. The Morgan fingerprint density at radius 1 is 1.10 bits per heavy atom. The summed E-state index contributed by atoms with van der Waals surface area (Å²) in [6.07, 6.45) is 7.80. The summed E-state index contributed by atoms with van der Waals surface area (Å²) in [6, 6.07) is 3.88. The lowest BCUT2D eigenvalue weighted by Gasteiger charge is -2.20. The molecule has 1 fully saturated rings. The van der Waals surface area contributed by atoms with Gasteiger partial charge in [-0.25, -0.2) is 14.6 Å². The largest absolute Gasteiger partial charge is 0.309 e. The number of carbonyl (C=O) groups is 1. The average molecular weight is 422 g/mol. The fraction of sp³-hybridized carbons (Fsp3) is 0.522. The first-order chi connectivity index (χ1) is 14.9. The lowest BCUT2D eigenvalue weighted by atomic mass is 9.86. The lowest BCUT2D eigenvalue weighted by Crippen LogP contribution is -2.16. The molecule has 1 saturated carbocycles. The number of aryl methyl sites for hydroxylation is 3.